The summed E-state index contributed by atoms with van der Waals surface area (Å²) in [6.07, 6.45) is -1.44. The second-order valence-electron chi connectivity index (χ2n) is 9.69. The van der Waals surface area contributed by atoms with E-state index in [-0.39, 0.29) is 43.3 Å². The van der Waals surface area contributed by atoms with Crippen molar-refractivity contribution in [2.75, 3.05) is 33.1 Å². The van der Waals surface area contributed by atoms with Crippen LogP contribution in [0.1, 0.15) is 31.2 Å². The molecule has 3 N–H and O–H groups in total. The van der Waals surface area contributed by atoms with Gasteiger partial charge in [0.1, 0.15) is 0 Å². The van der Waals surface area contributed by atoms with Gasteiger partial charge in [0.2, 0.25) is 0 Å². The number of urea groups is 1. The Morgan fingerprint density at radius 3 is 2.15 bits per heavy atom. The highest BCUT2D eigenvalue weighted by atomic mass is 35.5. The fraction of sp³-hybridized carbons (Fsp3) is 0.462. The third-order valence-corrected chi connectivity index (χ3v) is 8.99. The van der Waals surface area contributed by atoms with Crippen LogP contribution in [0.5, 0.6) is 11.5 Å². The molecule has 1 aliphatic carbocycles. The minimum atomic E-state index is -5.08. The van der Waals surface area contributed by atoms with E-state index in [0.717, 1.165) is 43.7 Å². The van der Waals surface area contributed by atoms with Crippen LogP contribution in [0.25, 0.3) is 0 Å². The summed E-state index contributed by atoms with van der Waals surface area (Å²) in [6, 6.07) is 7.52. The predicted octanol–water partition coefficient (Wildman–Crippen LogP) is 7.27. The Labute approximate surface area is 255 Å². The minimum absolute atomic E-state index is 0.00391. The quantitative estimate of drug-likeness (QED) is 0.292. The van der Waals surface area contributed by atoms with Crippen molar-refractivity contribution in [1.82, 2.24) is 10.2 Å². The molecule has 1 aliphatic heterocycles. The van der Waals surface area contributed by atoms with E-state index < -0.39 is 18.2 Å². The van der Waals surface area contributed by atoms with Crippen LogP contribution in [0, 0.1) is 0 Å². The maximum Gasteiger partial charge on any atom is 0.490 e. The van der Waals surface area contributed by atoms with Gasteiger partial charge < -0.3 is 30.1 Å². The molecule has 226 valence electrons. The van der Waals surface area contributed by atoms with Gasteiger partial charge >= 0.3 is 18.2 Å². The number of carbonyl (C=O) groups is 2. The number of alkyl halides is 3. The van der Waals surface area contributed by atoms with Crippen LogP contribution in [-0.4, -0.2) is 68.1 Å². The Kier molecular flexibility index (Phi) is 10.8. The summed E-state index contributed by atoms with van der Waals surface area (Å²) in [4.78, 5) is 24.1. The Hall–Kier alpha value is -2.31. The molecule has 1 heterocycles. The van der Waals surface area contributed by atoms with Crippen LogP contribution in [0.15, 0.2) is 24.3 Å². The van der Waals surface area contributed by atoms with E-state index in [1.807, 2.05) is 6.07 Å². The molecule has 1 saturated carbocycles. The van der Waals surface area contributed by atoms with E-state index in [1.54, 1.807) is 14.2 Å². The fourth-order valence-electron chi connectivity index (χ4n) is 5.41. The lowest BCUT2D eigenvalue weighted by atomic mass is 9.65. The molecule has 2 amide bonds. The van der Waals surface area contributed by atoms with Crippen LogP contribution in [0.3, 0.4) is 0 Å². The molecule has 15 heteroatoms. The summed E-state index contributed by atoms with van der Waals surface area (Å²) in [5.41, 5.74) is 1.44. The number of fused-ring (bicyclic) bond motifs is 1. The van der Waals surface area contributed by atoms with E-state index in [0.29, 0.717) is 0 Å². The number of carboxylic acids is 1. The van der Waals surface area contributed by atoms with Gasteiger partial charge in [-0.15, -0.1) is 0 Å². The number of hydrogen-bond acceptors (Lipinski definition) is 5. The van der Waals surface area contributed by atoms with Crippen molar-refractivity contribution in [3.8, 4) is 11.5 Å². The number of halogens is 7. The number of carboxylic acid groups (broad SMARTS) is 1. The van der Waals surface area contributed by atoms with Crippen LogP contribution in [0.4, 0.5) is 23.7 Å². The van der Waals surface area contributed by atoms with Gasteiger partial charge in [-0.2, -0.15) is 13.2 Å². The van der Waals surface area contributed by atoms with Crippen molar-refractivity contribution >= 4 is 64.1 Å². The standard InChI is InChI=1S/C24H27Cl4N3O3.C2HF3O2/c1-31-9-8-24(13-4-5-17(33-2)18(10-13)34-3)7-6-14(11-19(24)31)29-23(32)30-22-20(27)15(25)12-16(26)21(22)28;3-2(4,5)1(6)7/h4-5,10,12,14,19H,6-9,11H2,1-3H3,(H2,29,30,32);(H,6,7)/t14-,19+,24+;/m1./s1. The van der Waals surface area contributed by atoms with Crippen LogP contribution < -0.4 is 20.1 Å². The first kappa shape index (κ1) is 33.2. The number of amides is 2. The van der Waals surface area contributed by atoms with Crippen molar-refractivity contribution in [2.24, 2.45) is 0 Å². The molecule has 2 fully saturated rings. The molecule has 0 radical (unpaired) electrons. The molecule has 2 aliphatic rings. The maximum absolute atomic E-state index is 12.8. The molecule has 1 saturated heterocycles. The lowest BCUT2D eigenvalue weighted by molar-refractivity contribution is -0.192. The fourth-order valence-corrected chi connectivity index (χ4v) is 6.32. The topological polar surface area (TPSA) is 100 Å². The molecule has 0 aromatic heterocycles. The molecule has 4 rings (SSSR count). The lowest BCUT2D eigenvalue weighted by Gasteiger charge is -2.45. The van der Waals surface area contributed by atoms with Gasteiger partial charge in [-0.05, 0) is 63.0 Å². The summed E-state index contributed by atoms with van der Waals surface area (Å²) >= 11 is 24.7. The summed E-state index contributed by atoms with van der Waals surface area (Å²) in [7, 11) is 5.44. The number of likely N-dealkylation sites (N-methyl/N-ethyl adjacent to an activating group) is 1. The Balaban J connectivity index is 0.000000587. The molecular formula is C26H28Cl4F3N3O5. The van der Waals surface area contributed by atoms with Crippen molar-refractivity contribution in [1.29, 1.82) is 0 Å². The van der Waals surface area contributed by atoms with Crippen LogP contribution in [-0.2, 0) is 10.2 Å². The molecule has 8 nitrogen and oxygen atoms in total. The Morgan fingerprint density at radius 2 is 1.61 bits per heavy atom. The smallest absolute Gasteiger partial charge is 0.490 e. The highest BCUT2D eigenvalue weighted by Crippen LogP contribution is 2.50. The van der Waals surface area contributed by atoms with Crippen molar-refractivity contribution in [3.63, 3.8) is 0 Å². The Bertz CT molecular complexity index is 1270. The number of ether oxygens (including phenoxy) is 2. The highest BCUT2D eigenvalue weighted by molar-refractivity contribution is 6.50. The second kappa shape index (κ2) is 13.3. The molecule has 3 atom stereocenters. The summed E-state index contributed by atoms with van der Waals surface area (Å²) < 4.78 is 42.7. The first-order valence-corrected chi connectivity index (χ1v) is 13.8. The number of methoxy groups -OCH3 is 2. The lowest BCUT2D eigenvalue weighted by Crippen LogP contribution is -2.52. The molecule has 41 heavy (non-hydrogen) atoms. The number of rotatable bonds is 5. The zero-order valence-corrected chi connectivity index (χ0v) is 25.2. The largest absolute Gasteiger partial charge is 0.493 e. The van der Waals surface area contributed by atoms with Gasteiger partial charge in [-0.3, -0.25) is 0 Å². The summed E-state index contributed by atoms with van der Waals surface area (Å²) in [5, 5.41) is 13.7. The predicted molar refractivity (Wildman–Crippen MR) is 152 cm³/mol. The van der Waals surface area contributed by atoms with Crippen molar-refractivity contribution < 1.29 is 37.3 Å². The van der Waals surface area contributed by atoms with Crippen LogP contribution >= 0.6 is 46.4 Å². The zero-order valence-electron chi connectivity index (χ0n) is 22.2. The Morgan fingerprint density at radius 1 is 1.02 bits per heavy atom. The maximum atomic E-state index is 12.8. The number of hydrogen-bond donors (Lipinski definition) is 3. The van der Waals surface area contributed by atoms with Gasteiger partial charge in [0.25, 0.3) is 0 Å². The second-order valence-corrected chi connectivity index (χ2v) is 11.3. The van der Waals surface area contributed by atoms with E-state index in [2.05, 4.69) is 34.7 Å². The first-order chi connectivity index (χ1) is 19.1. The number of nitrogens with zero attached hydrogens (tertiary/aromatic N) is 1. The third kappa shape index (κ3) is 7.37. The number of anilines is 1. The van der Waals surface area contributed by atoms with E-state index in [1.165, 1.54) is 11.6 Å². The minimum Gasteiger partial charge on any atom is -0.493 e. The normalized spacial score (nSPS) is 22.2. The van der Waals surface area contributed by atoms with Gasteiger partial charge in [0.15, 0.2) is 11.5 Å². The first-order valence-electron chi connectivity index (χ1n) is 12.3. The summed E-state index contributed by atoms with van der Waals surface area (Å²) in [6.45, 7) is 0.990. The molecule has 0 bridgehead atoms. The van der Waals surface area contributed by atoms with Crippen molar-refractivity contribution in [2.45, 2.75) is 49.4 Å². The molecule has 2 aromatic carbocycles. The highest BCUT2D eigenvalue weighted by Gasteiger charge is 2.50. The van der Waals surface area contributed by atoms with Gasteiger partial charge in [0, 0.05) is 17.5 Å². The van der Waals surface area contributed by atoms with Gasteiger partial charge in [-0.25, -0.2) is 9.59 Å². The average molecular weight is 661 g/mol. The zero-order chi connectivity index (χ0) is 30.7. The number of nitrogens with one attached hydrogen (secondary N) is 2. The van der Waals surface area contributed by atoms with E-state index in [4.69, 9.17) is 65.8 Å². The van der Waals surface area contributed by atoms with Crippen molar-refractivity contribution in [3.05, 3.63) is 49.9 Å². The average Bonchev–Trinajstić information content (AvgIpc) is 3.26. The number of likely N-dealkylation sites (tertiary alicyclic amines) is 1. The SMILES string of the molecule is COc1ccc([C@@]23CC[C@@H](NC(=O)Nc4c(Cl)c(Cl)cc(Cl)c4Cl)C[C@@H]2N(C)CC3)cc1OC.O=C(O)C(F)(F)F. The number of benzene rings is 2. The summed E-state index contributed by atoms with van der Waals surface area (Å²) in [5.74, 6) is -1.31. The van der Waals surface area contributed by atoms with E-state index in [9.17, 15) is 18.0 Å². The molecule has 2 aromatic rings. The van der Waals surface area contributed by atoms with Gasteiger partial charge in [0.05, 0.1) is 40.0 Å². The number of aliphatic carboxylic acids is 1. The van der Waals surface area contributed by atoms with Gasteiger partial charge in [-0.1, -0.05) is 52.5 Å². The monoisotopic (exact) mass is 659 g/mol. The van der Waals surface area contributed by atoms with E-state index >= 15 is 0 Å². The third-order valence-electron chi connectivity index (χ3n) is 7.41. The molecule has 0 spiro atoms. The number of carbonyl (C=O) groups excluding carboxylic acids is 1. The van der Waals surface area contributed by atoms with Crippen LogP contribution in [0.2, 0.25) is 20.1 Å². The molecule has 0 unspecified atom stereocenters. The molecular weight excluding hydrogens is 633 g/mol.